The van der Waals surface area contributed by atoms with Crippen LogP contribution in [0.3, 0.4) is 0 Å². The Morgan fingerprint density at radius 2 is 2.38 bits per heavy atom. The van der Waals surface area contributed by atoms with Crippen LogP contribution in [0.25, 0.3) is 0 Å². The minimum atomic E-state index is -0.472. The van der Waals surface area contributed by atoms with Crippen LogP contribution in [0.5, 0.6) is 0 Å². The summed E-state index contributed by atoms with van der Waals surface area (Å²) in [6.07, 6.45) is 7.28. The Balaban J connectivity index is 1.67. The zero-order valence-electron chi connectivity index (χ0n) is 11.3. The van der Waals surface area contributed by atoms with Gasteiger partial charge in [0.05, 0.1) is 17.4 Å². The summed E-state index contributed by atoms with van der Waals surface area (Å²) in [6.45, 7) is 0.449. The van der Waals surface area contributed by atoms with Crippen molar-refractivity contribution in [2.45, 2.75) is 25.3 Å². The van der Waals surface area contributed by atoms with Gasteiger partial charge in [0.25, 0.3) is 11.6 Å². The van der Waals surface area contributed by atoms with E-state index in [9.17, 15) is 14.9 Å². The van der Waals surface area contributed by atoms with Gasteiger partial charge in [-0.15, -0.1) is 0 Å². The molecule has 2 aromatic rings. The number of imidazole rings is 1. The van der Waals surface area contributed by atoms with E-state index < -0.39 is 4.92 Å². The second kappa shape index (κ2) is 5.39. The van der Waals surface area contributed by atoms with E-state index in [4.69, 9.17) is 0 Å². The highest BCUT2D eigenvalue weighted by atomic mass is 16.6. The summed E-state index contributed by atoms with van der Waals surface area (Å²) in [7, 11) is 0. The van der Waals surface area contributed by atoms with E-state index in [1.54, 1.807) is 17.1 Å². The number of aromatic amines is 1. The number of hydrogen-bond donors (Lipinski definition) is 2. The molecule has 0 atom stereocenters. The molecule has 0 saturated heterocycles. The third-order valence-corrected chi connectivity index (χ3v) is 3.45. The standard InChI is InChI=1S/C13H15N5O3/c19-13(15-4-3-9-6-14-8-16-9)12-5-11(18(20)21)7-17(12)10-1-2-10/h5-8,10H,1-4H2,(H,14,16)(H,15,19). The Morgan fingerprint density at radius 3 is 3.00 bits per heavy atom. The summed E-state index contributed by atoms with van der Waals surface area (Å²) in [5.74, 6) is -0.283. The van der Waals surface area contributed by atoms with E-state index in [0.717, 1.165) is 18.5 Å². The molecule has 1 fully saturated rings. The monoisotopic (exact) mass is 289 g/mol. The first kappa shape index (κ1) is 13.3. The second-order valence-electron chi connectivity index (χ2n) is 5.06. The zero-order valence-corrected chi connectivity index (χ0v) is 11.3. The predicted octanol–water partition coefficient (Wildman–Crippen LogP) is 1.43. The minimum absolute atomic E-state index is 0.0411. The van der Waals surface area contributed by atoms with Crippen molar-refractivity contribution in [2.75, 3.05) is 6.54 Å². The number of nitrogens with one attached hydrogen (secondary N) is 2. The molecule has 0 unspecified atom stereocenters. The van der Waals surface area contributed by atoms with E-state index in [-0.39, 0.29) is 17.6 Å². The summed E-state index contributed by atoms with van der Waals surface area (Å²) >= 11 is 0. The molecule has 0 aliphatic heterocycles. The molecule has 8 heteroatoms. The molecular formula is C13H15N5O3. The predicted molar refractivity (Wildman–Crippen MR) is 74.0 cm³/mol. The van der Waals surface area contributed by atoms with Gasteiger partial charge in [-0.1, -0.05) is 0 Å². The van der Waals surface area contributed by atoms with Gasteiger partial charge in [-0.25, -0.2) is 4.98 Å². The third-order valence-electron chi connectivity index (χ3n) is 3.45. The number of carbonyl (C=O) groups excluding carboxylic acids is 1. The lowest BCUT2D eigenvalue weighted by molar-refractivity contribution is -0.384. The minimum Gasteiger partial charge on any atom is -0.350 e. The van der Waals surface area contributed by atoms with Crippen LogP contribution in [0.15, 0.2) is 24.8 Å². The topological polar surface area (TPSA) is 106 Å². The van der Waals surface area contributed by atoms with Crippen molar-refractivity contribution in [3.05, 3.63) is 46.3 Å². The van der Waals surface area contributed by atoms with Gasteiger partial charge in [0.2, 0.25) is 0 Å². The lowest BCUT2D eigenvalue weighted by atomic mass is 10.3. The molecule has 1 aliphatic carbocycles. The van der Waals surface area contributed by atoms with Crippen molar-refractivity contribution < 1.29 is 9.72 Å². The van der Waals surface area contributed by atoms with Crippen LogP contribution < -0.4 is 5.32 Å². The first-order valence-electron chi connectivity index (χ1n) is 6.77. The fourth-order valence-corrected chi connectivity index (χ4v) is 2.22. The van der Waals surface area contributed by atoms with E-state index >= 15 is 0 Å². The number of hydrogen-bond acceptors (Lipinski definition) is 4. The molecule has 8 nitrogen and oxygen atoms in total. The van der Waals surface area contributed by atoms with Gasteiger partial charge in [0.15, 0.2) is 0 Å². The quantitative estimate of drug-likeness (QED) is 0.619. The van der Waals surface area contributed by atoms with Crippen molar-refractivity contribution in [2.24, 2.45) is 0 Å². The Hall–Kier alpha value is -2.64. The van der Waals surface area contributed by atoms with Crippen molar-refractivity contribution in [1.82, 2.24) is 19.9 Å². The number of rotatable bonds is 6. The summed E-state index contributed by atoms with van der Waals surface area (Å²) in [6, 6.07) is 1.55. The maximum atomic E-state index is 12.2. The smallest absolute Gasteiger partial charge is 0.287 e. The van der Waals surface area contributed by atoms with Crippen LogP contribution in [0.4, 0.5) is 5.69 Å². The first-order valence-corrected chi connectivity index (χ1v) is 6.77. The Morgan fingerprint density at radius 1 is 1.57 bits per heavy atom. The van der Waals surface area contributed by atoms with Gasteiger partial charge in [-0.2, -0.15) is 0 Å². The van der Waals surface area contributed by atoms with Crippen LogP contribution in [-0.4, -0.2) is 31.9 Å². The van der Waals surface area contributed by atoms with Crippen LogP contribution in [-0.2, 0) is 6.42 Å². The highest BCUT2D eigenvalue weighted by Gasteiger charge is 2.30. The van der Waals surface area contributed by atoms with Crippen LogP contribution in [0, 0.1) is 10.1 Å². The molecular weight excluding hydrogens is 274 g/mol. The zero-order chi connectivity index (χ0) is 14.8. The largest absolute Gasteiger partial charge is 0.350 e. The van der Waals surface area contributed by atoms with Crippen molar-refractivity contribution in [1.29, 1.82) is 0 Å². The van der Waals surface area contributed by atoms with E-state index in [1.165, 1.54) is 12.3 Å². The van der Waals surface area contributed by atoms with Gasteiger partial charge in [0, 0.05) is 37.0 Å². The molecule has 0 radical (unpaired) electrons. The second-order valence-corrected chi connectivity index (χ2v) is 5.06. The molecule has 0 bridgehead atoms. The number of aromatic nitrogens is 3. The number of carbonyl (C=O) groups is 1. The Labute approximate surface area is 120 Å². The third kappa shape index (κ3) is 2.93. The average Bonchev–Trinajstić information content (AvgIpc) is 3.00. The molecule has 2 heterocycles. The summed E-state index contributed by atoms with van der Waals surface area (Å²) in [4.78, 5) is 29.4. The fourth-order valence-electron chi connectivity index (χ4n) is 2.22. The maximum absolute atomic E-state index is 12.2. The first-order chi connectivity index (χ1) is 10.1. The Bertz CT molecular complexity index is 657. The molecule has 0 aromatic carbocycles. The van der Waals surface area contributed by atoms with Crippen LogP contribution in [0.2, 0.25) is 0 Å². The van der Waals surface area contributed by atoms with Crippen molar-refractivity contribution in [3.8, 4) is 0 Å². The molecule has 3 rings (SSSR count). The SMILES string of the molecule is O=C(NCCc1cnc[nH]1)c1cc([N+](=O)[O-])cn1C1CC1. The fraction of sp³-hybridized carbons (Fsp3) is 0.385. The molecule has 2 N–H and O–H groups in total. The molecule has 1 amide bonds. The average molecular weight is 289 g/mol. The van der Waals surface area contributed by atoms with Gasteiger partial charge in [-0.05, 0) is 12.8 Å². The maximum Gasteiger partial charge on any atom is 0.287 e. The molecule has 1 saturated carbocycles. The van der Waals surface area contributed by atoms with Gasteiger partial charge < -0.3 is 14.9 Å². The highest BCUT2D eigenvalue weighted by molar-refractivity contribution is 5.93. The molecule has 110 valence electrons. The van der Waals surface area contributed by atoms with Gasteiger partial charge in [-0.3, -0.25) is 14.9 Å². The molecule has 1 aliphatic rings. The number of amides is 1. The molecule has 0 spiro atoms. The number of H-pyrrole nitrogens is 1. The van der Waals surface area contributed by atoms with Crippen molar-refractivity contribution in [3.63, 3.8) is 0 Å². The highest BCUT2D eigenvalue weighted by Crippen LogP contribution is 2.37. The van der Waals surface area contributed by atoms with E-state index in [2.05, 4.69) is 15.3 Å². The molecule has 21 heavy (non-hydrogen) atoms. The van der Waals surface area contributed by atoms with Crippen LogP contribution in [0.1, 0.15) is 35.1 Å². The molecule has 2 aromatic heterocycles. The Kier molecular flexibility index (Phi) is 3.43. The normalized spacial score (nSPS) is 14.1. The number of nitro groups is 1. The lowest BCUT2D eigenvalue weighted by Crippen LogP contribution is -2.27. The number of nitrogens with zero attached hydrogens (tertiary/aromatic N) is 3. The van der Waals surface area contributed by atoms with Gasteiger partial charge in [0.1, 0.15) is 5.69 Å². The van der Waals surface area contributed by atoms with Crippen molar-refractivity contribution >= 4 is 11.6 Å². The summed E-state index contributed by atoms with van der Waals surface area (Å²) in [5, 5.41) is 13.6. The van der Waals surface area contributed by atoms with E-state index in [1.807, 2.05) is 0 Å². The summed E-state index contributed by atoms with van der Waals surface area (Å²) in [5.41, 5.74) is 1.24. The lowest BCUT2D eigenvalue weighted by Gasteiger charge is -2.07. The summed E-state index contributed by atoms with van der Waals surface area (Å²) < 4.78 is 1.71. The van der Waals surface area contributed by atoms with E-state index in [0.29, 0.717) is 18.7 Å². The van der Waals surface area contributed by atoms with Gasteiger partial charge >= 0.3 is 0 Å². The van der Waals surface area contributed by atoms with Crippen LogP contribution >= 0.6 is 0 Å².